The van der Waals surface area contributed by atoms with Crippen molar-refractivity contribution in [2.75, 3.05) is 0 Å². The Morgan fingerprint density at radius 3 is 2.22 bits per heavy atom. The minimum absolute atomic E-state index is 0.309. The van der Waals surface area contributed by atoms with Gasteiger partial charge in [-0.05, 0) is 12.5 Å². The largest absolute Gasteiger partial charge is 0.453 e. The third-order valence-corrected chi connectivity index (χ3v) is 2.64. The summed E-state index contributed by atoms with van der Waals surface area (Å²) in [6, 6.07) is 8.60. The van der Waals surface area contributed by atoms with Crippen LogP contribution in [0.2, 0.25) is 0 Å². The van der Waals surface area contributed by atoms with E-state index in [1.165, 1.54) is 6.92 Å². The molecule has 0 saturated heterocycles. The highest BCUT2D eigenvalue weighted by molar-refractivity contribution is 6.68. The third kappa shape index (κ3) is 4.84. The molecule has 0 heterocycles. The summed E-state index contributed by atoms with van der Waals surface area (Å²) >= 11 is 17.3. The number of carbonyl (C=O) groups is 2. The van der Waals surface area contributed by atoms with E-state index in [0.29, 0.717) is 5.56 Å². The highest BCUT2D eigenvalue weighted by Gasteiger charge is 2.37. The number of alkyl halides is 3. The average Bonchev–Trinajstić information content (AvgIpc) is 2.24. The van der Waals surface area contributed by atoms with Crippen LogP contribution in [0, 0.1) is 0 Å². The molecular weight excluding hydrogens is 298 g/mol. The smallest absolute Gasteiger partial charge is 0.314 e. The molecule has 0 aliphatic rings. The lowest BCUT2D eigenvalue weighted by Crippen LogP contribution is -2.24. The first-order chi connectivity index (χ1) is 8.30. The van der Waals surface area contributed by atoms with Gasteiger partial charge in [-0.1, -0.05) is 65.1 Å². The van der Waals surface area contributed by atoms with E-state index in [4.69, 9.17) is 39.5 Å². The van der Waals surface area contributed by atoms with Crippen LogP contribution in [0.1, 0.15) is 25.0 Å². The molecule has 98 valence electrons. The summed E-state index contributed by atoms with van der Waals surface area (Å²) in [5.74, 6) is -1.03. The van der Waals surface area contributed by atoms with E-state index in [0.717, 1.165) is 0 Å². The molecule has 18 heavy (non-hydrogen) atoms. The number of benzene rings is 1. The van der Waals surface area contributed by atoms with Crippen LogP contribution in [0.3, 0.4) is 0 Å². The van der Waals surface area contributed by atoms with Gasteiger partial charge in [0.1, 0.15) is 12.2 Å². The minimum atomic E-state index is -1.80. The third-order valence-electron chi connectivity index (χ3n) is 2.04. The second kappa shape index (κ2) is 6.41. The number of hydrogen-bond acceptors (Lipinski definition) is 3. The van der Waals surface area contributed by atoms with E-state index in [2.05, 4.69) is 0 Å². The second-order valence-electron chi connectivity index (χ2n) is 3.70. The molecule has 0 spiro atoms. The molecule has 1 rings (SSSR count). The molecular formula is C12H11Cl3O3. The quantitative estimate of drug-likeness (QED) is 0.485. The Balaban J connectivity index is 2.88. The van der Waals surface area contributed by atoms with Crippen molar-refractivity contribution in [2.45, 2.75) is 23.2 Å². The summed E-state index contributed by atoms with van der Waals surface area (Å²) in [4.78, 5) is 22.3. The van der Waals surface area contributed by atoms with Gasteiger partial charge in [0.2, 0.25) is 3.79 Å². The zero-order chi connectivity index (χ0) is 13.8. The molecule has 1 unspecified atom stereocenters. The van der Waals surface area contributed by atoms with Crippen molar-refractivity contribution >= 4 is 46.6 Å². The lowest BCUT2D eigenvalue weighted by molar-refractivity contribution is -0.150. The number of hydrogen-bond donors (Lipinski definition) is 0. The van der Waals surface area contributed by atoms with E-state index >= 15 is 0 Å². The van der Waals surface area contributed by atoms with Crippen LogP contribution in [0.15, 0.2) is 30.3 Å². The minimum Gasteiger partial charge on any atom is -0.453 e. The fraction of sp³-hybridized carbons (Fsp3) is 0.333. The molecule has 1 aromatic rings. The van der Waals surface area contributed by atoms with Gasteiger partial charge in [0.15, 0.2) is 6.10 Å². The van der Waals surface area contributed by atoms with Crippen LogP contribution in [0.5, 0.6) is 0 Å². The highest BCUT2D eigenvalue weighted by Crippen LogP contribution is 2.42. The van der Waals surface area contributed by atoms with Crippen molar-refractivity contribution in [3.63, 3.8) is 0 Å². The van der Waals surface area contributed by atoms with Crippen LogP contribution >= 0.6 is 34.8 Å². The topological polar surface area (TPSA) is 43.4 Å². The van der Waals surface area contributed by atoms with E-state index in [9.17, 15) is 9.59 Å². The SMILES string of the molecule is CC(=O)CC(=O)OC(c1ccccc1)C(Cl)(Cl)Cl. The van der Waals surface area contributed by atoms with Gasteiger partial charge in [-0.25, -0.2) is 0 Å². The van der Waals surface area contributed by atoms with Crippen LogP contribution in [0.4, 0.5) is 0 Å². The summed E-state index contributed by atoms with van der Waals surface area (Å²) in [7, 11) is 0. The summed E-state index contributed by atoms with van der Waals surface area (Å²) < 4.78 is 3.26. The first kappa shape index (κ1) is 15.3. The zero-order valence-electron chi connectivity index (χ0n) is 9.53. The van der Waals surface area contributed by atoms with E-state index in [-0.39, 0.29) is 12.2 Å². The van der Waals surface area contributed by atoms with Crippen molar-refractivity contribution in [3.8, 4) is 0 Å². The summed E-state index contributed by atoms with van der Waals surface area (Å²) in [6.45, 7) is 1.29. The van der Waals surface area contributed by atoms with Crippen molar-refractivity contribution < 1.29 is 14.3 Å². The molecule has 6 heteroatoms. The van der Waals surface area contributed by atoms with Crippen molar-refractivity contribution in [1.82, 2.24) is 0 Å². The monoisotopic (exact) mass is 308 g/mol. The molecule has 1 aromatic carbocycles. The molecule has 0 aromatic heterocycles. The Labute approximate surface area is 120 Å². The molecule has 0 radical (unpaired) electrons. The predicted molar refractivity (Wildman–Crippen MR) is 70.9 cm³/mol. The number of esters is 1. The maximum Gasteiger partial charge on any atom is 0.314 e. The molecule has 3 nitrogen and oxygen atoms in total. The van der Waals surface area contributed by atoms with Gasteiger partial charge >= 0.3 is 5.97 Å². The number of halogens is 3. The number of ketones is 1. The van der Waals surface area contributed by atoms with Crippen molar-refractivity contribution in [1.29, 1.82) is 0 Å². The van der Waals surface area contributed by atoms with Crippen molar-refractivity contribution in [2.24, 2.45) is 0 Å². The van der Waals surface area contributed by atoms with Crippen LogP contribution in [0.25, 0.3) is 0 Å². The molecule has 0 aliphatic heterocycles. The molecule has 0 amide bonds. The van der Waals surface area contributed by atoms with Crippen LogP contribution in [-0.2, 0) is 14.3 Å². The Morgan fingerprint density at radius 2 is 1.78 bits per heavy atom. The van der Waals surface area contributed by atoms with Gasteiger partial charge in [-0.3, -0.25) is 9.59 Å². The Kier molecular flexibility index (Phi) is 5.45. The van der Waals surface area contributed by atoms with Crippen LogP contribution < -0.4 is 0 Å². The Hall–Kier alpha value is -0.770. The lowest BCUT2D eigenvalue weighted by Gasteiger charge is -2.24. The fourth-order valence-corrected chi connectivity index (χ4v) is 1.84. The van der Waals surface area contributed by atoms with Gasteiger partial charge in [0.05, 0.1) is 0 Å². The van der Waals surface area contributed by atoms with Crippen molar-refractivity contribution in [3.05, 3.63) is 35.9 Å². The number of Topliss-reactive ketones (excluding diaryl/α,β-unsaturated/α-hetero) is 1. The first-order valence-corrected chi connectivity index (χ1v) is 6.24. The van der Waals surface area contributed by atoms with Gasteiger partial charge in [0.25, 0.3) is 0 Å². The second-order valence-corrected chi connectivity index (χ2v) is 6.07. The zero-order valence-corrected chi connectivity index (χ0v) is 11.8. The molecule has 0 saturated carbocycles. The van der Waals surface area contributed by atoms with Gasteiger partial charge < -0.3 is 4.74 Å². The van der Waals surface area contributed by atoms with Gasteiger partial charge in [-0.15, -0.1) is 0 Å². The number of rotatable bonds is 4. The summed E-state index contributed by atoms with van der Waals surface area (Å²) in [6.07, 6.45) is -1.39. The lowest BCUT2D eigenvalue weighted by atomic mass is 10.1. The normalized spacial score (nSPS) is 12.9. The van der Waals surface area contributed by atoms with E-state index in [1.807, 2.05) is 0 Å². The number of carbonyl (C=O) groups excluding carboxylic acids is 2. The standard InChI is InChI=1S/C12H11Cl3O3/c1-8(16)7-10(17)18-11(12(13,14)15)9-5-3-2-4-6-9/h2-6,11H,7H2,1H3. The first-order valence-electron chi connectivity index (χ1n) is 5.11. The summed E-state index contributed by atoms with van der Waals surface area (Å²) in [5, 5.41) is 0. The molecule has 0 N–H and O–H groups in total. The van der Waals surface area contributed by atoms with Gasteiger partial charge in [-0.2, -0.15) is 0 Å². The molecule has 1 atom stereocenters. The Bertz CT molecular complexity index is 426. The molecule has 0 bridgehead atoms. The maximum atomic E-state index is 11.5. The molecule has 0 aliphatic carbocycles. The average molecular weight is 310 g/mol. The molecule has 0 fully saturated rings. The maximum absolute atomic E-state index is 11.5. The number of ether oxygens (including phenoxy) is 1. The fourth-order valence-electron chi connectivity index (χ4n) is 1.33. The predicted octanol–water partition coefficient (Wildman–Crippen LogP) is 3.62. The van der Waals surface area contributed by atoms with Crippen LogP contribution in [-0.4, -0.2) is 15.5 Å². The summed E-state index contributed by atoms with van der Waals surface area (Å²) in [5.41, 5.74) is 0.550. The van der Waals surface area contributed by atoms with E-state index in [1.54, 1.807) is 30.3 Å². The van der Waals surface area contributed by atoms with Gasteiger partial charge in [0, 0.05) is 0 Å². The Morgan fingerprint density at radius 1 is 1.22 bits per heavy atom. The highest BCUT2D eigenvalue weighted by atomic mass is 35.6. The van der Waals surface area contributed by atoms with E-state index < -0.39 is 15.9 Å².